The Labute approximate surface area is 104 Å². The number of amidine groups is 1. The summed E-state index contributed by atoms with van der Waals surface area (Å²) < 4.78 is 0. The first-order valence-electron chi connectivity index (χ1n) is 6.31. The fourth-order valence-electron chi connectivity index (χ4n) is 2.25. The highest BCUT2D eigenvalue weighted by Gasteiger charge is 2.16. The summed E-state index contributed by atoms with van der Waals surface area (Å²) in [6.07, 6.45) is 7.46. The van der Waals surface area contributed by atoms with Crippen LogP contribution in [0.5, 0.6) is 0 Å². The van der Waals surface area contributed by atoms with Crippen LogP contribution >= 0.6 is 0 Å². The van der Waals surface area contributed by atoms with Crippen molar-refractivity contribution in [3.63, 3.8) is 0 Å². The van der Waals surface area contributed by atoms with Crippen molar-refractivity contribution in [2.75, 3.05) is 14.1 Å². The fraction of sp³-hybridized carbons (Fsp3) is 0.692. The molecule has 0 bridgehead atoms. The summed E-state index contributed by atoms with van der Waals surface area (Å²) in [6, 6.07) is 0. The molecule has 0 unspecified atom stereocenters. The molecule has 96 valence electrons. The summed E-state index contributed by atoms with van der Waals surface area (Å²) in [5.74, 6) is 1.50. The summed E-state index contributed by atoms with van der Waals surface area (Å²) >= 11 is 0. The summed E-state index contributed by atoms with van der Waals surface area (Å²) in [7, 11) is 3.34. The average molecular weight is 237 g/mol. The number of rotatable bonds is 5. The van der Waals surface area contributed by atoms with Crippen LogP contribution in [0.1, 0.15) is 38.5 Å². The van der Waals surface area contributed by atoms with Crippen molar-refractivity contribution in [1.29, 1.82) is 0 Å². The molecule has 0 atom stereocenters. The molecule has 1 rings (SSSR count). The molecule has 0 saturated heterocycles. The molecule has 1 fully saturated rings. The van der Waals surface area contributed by atoms with E-state index in [2.05, 4.69) is 22.2 Å². The van der Waals surface area contributed by atoms with Gasteiger partial charge in [-0.2, -0.15) is 0 Å². The first kappa shape index (κ1) is 13.7. The van der Waals surface area contributed by atoms with Gasteiger partial charge in [0.2, 0.25) is 0 Å². The molecular weight excluding hydrogens is 214 g/mol. The monoisotopic (exact) mass is 237 g/mol. The molecule has 0 aliphatic heterocycles. The second-order valence-electron chi connectivity index (χ2n) is 4.54. The maximum atomic E-state index is 11.3. The van der Waals surface area contributed by atoms with E-state index >= 15 is 0 Å². The Balaban J connectivity index is 2.33. The maximum Gasteiger partial charge on any atom is 0.266 e. The molecule has 4 heteroatoms. The van der Waals surface area contributed by atoms with Crippen LogP contribution in [-0.2, 0) is 4.79 Å². The molecule has 0 aromatic rings. The van der Waals surface area contributed by atoms with E-state index in [0.717, 1.165) is 24.6 Å². The van der Waals surface area contributed by atoms with Gasteiger partial charge in [-0.05, 0) is 12.3 Å². The van der Waals surface area contributed by atoms with E-state index in [0.29, 0.717) is 5.70 Å². The molecule has 17 heavy (non-hydrogen) atoms. The fourth-order valence-corrected chi connectivity index (χ4v) is 2.25. The van der Waals surface area contributed by atoms with Crippen LogP contribution in [-0.4, -0.2) is 25.8 Å². The van der Waals surface area contributed by atoms with E-state index in [1.165, 1.54) is 25.7 Å². The minimum Gasteiger partial charge on any atom is -0.354 e. The molecule has 2 N–H and O–H groups in total. The predicted octanol–water partition coefficient (Wildman–Crippen LogP) is 1.83. The number of carbonyl (C=O) groups excluding carboxylic acids is 1. The Morgan fingerprint density at radius 1 is 1.41 bits per heavy atom. The van der Waals surface area contributed by atoms with Crippen LogP contribution in [0.4, 0.5) is 0 Å². The second-order valence-corrected chi connectivity index (χ2v) is 4.54. The number of hydrogen-bond acceptors (Lipinski definition) is 2. The predicted molar refractivity (Wildman–Crippen MR) is 70.9 cm³/mol. The van der Waals surface area contributed by atoms with Crippen molar-refractivity contribution in [1.82, 2.24) is 10.6 Å². The topological polar surface area (TPSA) is 53.5 Å². The highest BCUT2D eigenvalue weighted by molar-refractivity contribution is 5.97. The first-order chi connectivity index (χ1) is 8.17. The van der Waals surface area contributed by atoms with E-state index in [4.69, 9.17) is 0 Å². The van der Waals surface area contributed by atoms with Crippen molar-refractivity contribution in [2.45, 2.75) is 38.5 Å². The van der Waals surface area contributed by atoms with Crippen molar-refractivity contribution in [2.24, 2.45) is 10.9 Å². The summed E-state index contributed by atoms with van der Waals surface area (Å²) in [5, 5.41) is 5.52. The minimum atomic E-state index is -0.188. The smallest absolute Gasteiger partial charge is 0.266 e. The highest BCUT2D eigenvalue weighted by Crippen LogP contribution is 2.28. The molecule has 1 saturated carbocycles. The molecule has 1 amide bonds. The number of nitrogens with one attached hydrogen (secondary N) is 2. The Hall–Kier alpha value is -1.32. The van der Waals surface area contributed by atoms with Crippen LogP contribution in [0.3, 0.4) is 0 Å². The number of carbonyl (C=O) groups is 1. The third-order valence-corrected chi connectivity index (χ3v) is 3.33. The van der Waals surface area contributed by atoms with Gasteiger partial charge in [-0.25, -0.2) is 0 Å². The van der Waals surface area contributed by atoms with Crippen LogP contribution in [0.15, 0.2) is 17.3 Å². The lowest BCUT2D eigenvalue weighted by molar-refractivity contribution is -0.117. The lowest BCUT2D eigenvalue weighted by atomic mass is 10.0. The van der Waals surface area contributed by atoms with Crippen molar-refractivity contribution >= 4 is 11.7 Å². The van der Waals surface area contributed by atoms with E-state index in [-0.39, 0.29) is 5.91 Å². The van der Waals surface area contributed by atoms with E-state index < -0.39 is 0 Å². The molecule has 0 heterocycles. The molecule has 1 aliphatic rings. The number of aliphatic imine (C=N–C) groups is 1. The van der Waals surface area contributed by atoms with Crippen molar-refractivity contribution in [3.8, 4) is 0 Å². The van der Waals surface area contributed by atoms with Crippen molar-refractivity contribution < 1.29 is 4.79 Å². The van der Waals surface area contributed by atoms with Gasteiger partial charge in [-0.1, -0.05) is 32.3 Å². The highest BCUT2D eigenvalue weighted by atomic mass is 16.1. The van der Waals surface area contributed by atoms with Gasteiger partial charge in [0.15, 0.2) is 0 Å². The van der Waals surface area contributed by atoms with Gasteiger partial charge >= 0.3 is 0 Å². The third kappa shape index (κ3) is 4.59. The number of likely N-dealkylation sites (N-methyl/N-ethyl adjacent to an activating group) is 1. The zero-order valence-corrected chi connectivity index (χ0v) is 10.9. The van der Waals surface area contributed by atoms with Gasteiger partial charge in [-0.15, -0.1) is 0 Å². The standard InChI is InChI=1S/C13H23N3O/c1-10(13(17)15-3)16-12(14-2)9-8-11-6-4-5-7-11/h11H,1,4-9H2,2-3H3,(H,14,16)(H,15,17). The largest absolute Gasteiger partial charge is 0.354 e. The van der Waals surface area contributed by atoms with Gasteiger partial charge in [0.05, 0.1) is 5.70 Å². The van der Waals surface area contributed by atoms with E-state index in [9.17, 15) is 4.79 Å². The lowest BCUT2D eigenvalue weighted by Crippen LogP contribution is -2.32. The molecule has 0 radical (unpaired) electrons. The zero-order valence-electron chi connectivity index (χ0n) is 10.9. The number of amides is 1. The SMILES string of the molecule is C=C(NC(CCC1CCCC1)=NC)C(=O)NC. The van der Waals surface area contributed by atoms with E-state index in [1.807, 2.05) is 0 Å². The van der Waals surface area contributed by atoms with Crippen LogP contribution in [0.2, 0.25) is 0 Å². The third-order valence-electron chi connectivity index (χ3n) is 3.33. The Bertz CT molecular complexity index is 304. The number of nitrogens with zero attached hydrogens (tertiary/aromatic N) is 1. The van der Waals surface area contributed by atoms with Crippen LogP contribution < -0.4 is 10.6 Å². The molecule has 0 aromatic heterocycles. The maximum absolute atomic E-state index is 11.3. The van der Waals surface area contributed by atoms with Gasteiger partial charge < -0.3 is 10.6 Å². The normalized spacial score (nSPS) is 16.9. The van der Waals surface area contributed by atoms with Gasteiger partial charge in [0.1, 0.15) is 5.84 Å². The summed E-state index contributed by atoms with van der Waals surface area (Å²) in [5.41, 5.74) is 0.361. The van der Waals surface area contributed by atoms with Gasteiger partial charge in [0.25, 0.3) is 5.91 Å². The molecule has 0 aromatic carbocycles. The quantitative estimate of drug-likeness (QED) is 0.435. The van der Waals surface area contributed by atoms with Gasteiger partial charge in [0, 0.05) is 20.5 Å². The number of hydrogen-bond donors (Lipinski definition) is 2. The molecule has 0 spiro atoms. The lowest BCUT2D eigenvalue weighted by Gasteiger charge is -2.13. The molecule has 4 nitrogen and oxygen atoms in total. The average Bonchev–Trinajstić information content (AvgIpc) is 2.86. The Kier molecular flexibility index (Phi) is 5.73. The minimum absolute atomic E-state index is 0.188. The summed E-state index contributed by atoms with van der Waals surface area (Å²) in [4.78, 5) is 15.5. The first-order valence-corrected chi connectivity index (χ1v) is 6.31. The Morgan fingerprint density at radius 2 is 2.06 bits per heavy atom. The van der Waals surface area contributed by atoms with Crippen LogP contribution in [0.25, 0.3) is 0 Å². The second kappa shape index (κ2) is 7.09. The molecule has 1 aliphatic carbocycles. The zero-order chi connectivity index (χ0) is 12.7. The Morgan fingerprint density at radius 3 is 2.59 bits per heavy atom. The molecular formula is C13H23N3O. The summed E-state index contributed by atoms with van der Waals surface area (Å²) in [6.45, 7) is 3.69. The van der Waals surface area contributed by atoms with Crippen LogP contribution in [0, 0.1) is 5.92 Å². The van der Waals surface area contributed by atoms with E-state index in [1.54, 1.807) is 14.1 Å². The van der Waals surface area contributed by atoms with Gasteiger partial charge in [-0.3, -0.25) is 9.79 Å². The van der Waals surface area contributed by atoms with Crippen molar-refractivity contribution in [3.05, 3.63) is 12.3 Å².